The van der Waals surface area contributed by atoms with Gasteiger partial charge in [0.1, 0.15) is 5.76 Å². The lowest BCUT2D eigenvalue weighted by Crippen LogP contribution is -2.46. The number of nitrogens with zero attached hydrogens (tertiary/aromatic N) is 1. The van der Waals surface area contributed by atoms with Gasteiger partial charge in [-0.15, -0.1) is 5.98 Å². The first-order valence-electron chi connectivity index (χ1n) is 23.6. The van der Waals surface area contributed by atoms with Crippen molar-refractivity contribution in [1.29, 1.82) is 0 Å². The first-order chi connectivity index (χ1) is 28.6. The molecule has 1 atom stereocenters. The van der Waals surface area contributed by atoms with E-state index in [0.29, 0.717) is 5.92 Å². The highest BCUT2D eigenvalue weighted by Crippen LogP contribution is 2.63. The average molecular weight is 820 g/mol. The summed E-state index contributed by atoms with van der Waals surface area (Å²) in [7, 11) is 2.21. The van der Waals surface area contributed by atoms with Crippen LogP contribution in [0.15, 0.2) is 137 Å². The third-order valence-corrected chi connectivity index (χ3v) is 14.9. The van der Waals surface area contributed by atoms with Crippen molar-refractivity contribution in [2.75, 3.05) is 4.90 Å². The van der Waals surface area contributed by atoms with Gasteiger partial charge in [-0.2, -0.15) is 0 Å². The second kappa shape index (κ2) is 18.1. The molecular formula is C57H80BN2O. The topological polar surface area (TPSA) is 28.4 Å². The van der Waals surface area contributed by atoms with E-state index in [0.717, 1.165) is 54.1 Å². The maximum Gasteiger partial charge on any atom is 0.234 e. The summed E-state index contributed by atoms with van der Waals surface area (Å²) in [5, 5.41) is 3.53. The Hall–Kier alpha value is -3.92. The second-order valence-corrected chi connectivity index (χ2v) is 23.0. The van der Waals surface area contributed by atoms with Crippen molar-refractivity contribution in [3.8, 4) is 0 Å². The number of hydrogen-bond donors (Lipinski definition) is 1. The van der Waals surface area contributed by atoms with Crippen LogP contribution in [0, 0.1) is 39.9 Å². The summed E-state index contributed by atoms with van der Waals surface area (Å²) in [5.41, 5.74) is 9.77. The van der Waals surface area contributed by atoms with Crippen LogP contribution in [0.2, 0.25) is 0 Å². The van der Waals surface area contributed by atoms with Crippen molar-refractivity contribution in [3.63, 3.8) is 0 Å². The van der Waals surface area contributed by atoms with Crippen molar-refractivity contribution in [2.45, 2.75) is 158 Å². The molecule has 0 spiro atoms. The van der Waals surface area contributed by atoms with E-state index in [-0.39, 0.29) is 33.1 Å². The molecule has 0 aromatic carbocycles. The summed E-state index contributed by atoms with van der Waals surface area (Å²) < 4.78 is 7.25. The molecule has 7 rings (SSSR count). The Morgan fingerprint density at radius 1 is 0.885 bits per heavy atom. The maximum absolute atomic E-state index is 7.25. The zero-order chi connectivity index (χ0) is 44.5. The molecule has 4 heteroatoms. The molecule has 6 aliphatic carbocycles. The largest absolute Gasteiger partial charge is 0.473 e. The Kier molecular flexibility index (Phi) is 13.8. The molecule has 1 aromatic rings. The first-order valence-corrected chi connectivity index (χ1v) is 23.6. The van der Waals surface area contributed by atoms with Crippen molar-refractivity contribution in [3.05, 3.63) is 144 Å². The molecule has 1 unspecified atom stereocenters. The van der Waals surface area contributed by atoms with Crippen molar-refractivity contribution in [2.24, 2.45) is 39.9 Å². The summed E-state index contributed by atoms with van der Waals surface area (Å²) in [6.45, 7) is 40.8. The van der Waals surface area contributed by atoms with Gasteiger partial charge in [0.05, 0.1) is 17.4 Å². The van der Waals surface area contributed by atoms with E-state index in [9.17, 15) is 0 Å². The lowest BCUT2D eigenvalue weighted by atomic mass is 9.48. The molecule has 3 nitrogen and oxygen atoms in total. The molecule has 4 bridgehead atoms. The van der Waals surface area contributed by atoms with Crippen molar-refractivity contribution < 1.29 is 4.42 Å². The third kappa shape index (κ3) is 10.3. The predicted octanol–water partition coefficient (Wildman–Crippen LogP) is 14.8. The van der Waals surface area contributed by atoms with E-state index in [4.69, 9.17) is 11.0 Å². The van der Waals surface area contributed by atoms with Crippen LogP contribution >= 0.6 is 0 Å². The van der Waals surface area contributed by atoms with Crippen molar-refractivity contribution >= 4 is 18.6 Å². The summed E-state index contributed by atoms with van der Waals surface area (Å²) in [6.07, 6.45) is 39.9. The SMILES string of the molecule is C=C/C(=C\C=C\[B]c1oc2c(c1N(C(/C=C/N/C=C/C=C(\C=C)C(C)(C)C)=C/C(=C)C13CC4CC(CC(C4)C1)C3)C1C=CC(C(C)(C)C)=CC1)C(C)(C)CCC2(C)C)C(C)C. The number of rotatable bonds is 15. The quantitative estimate of drug-likeness (QED) is 0.141. The normalized spacial score (nSPS) is 27.6. The molecule has 327 valence electrons. The number of furan rings is 1. The number of allylic oxidation sites excluding steroid dienone is 13. The smallest absolute Gasteiger partial charge is 0.234 e. The summed E-state index contributed by atoms with van der Waals surface area (Å²) in [4.78, 5) is 2.64. The van der Waals surface area contributed by atoms with Gasteiger partial charge in [-0.25, -0.2) is 0 Å². The minimum Gasteiger partial charge on any atom is -0.473 e. The third-order valence-electron chi connectivity index (χ3n) is 14.9. The maximum atomic E-state index is 7.25. The van der Waals surface area contributed by atoms with Gasteiger partial charge in [0.15, 0.2) is 0 Å². The van der Waals surface area contributed by atoms with Crippen LogP contribution in [-0.4, -0.2) is 13.3 Å². The fourth-order valence-corrected chi connectivity index (χ4v) is 11.5. The van der Waals surface area contributed by atoms with Crippen molar-refractivity contribution in [1.82, 2.24) is 5.32 Å². The summed E-state index contributed by atoms with van der Waals surface area (Å²) >= 11 is 0. The van der Waals surface area contributed by atoms with Crippen LogP contribution in [0.25, 0.3) is 0 Å². The highest BCUT2D eigenvalue weighted by atomic mass is 16.3. The van der Waals surface area contributed by atoms with Gasteiger partial charge in [0.25, 0.3) is 0 Å². The molecule has 0 saturated heterocycles. The van der Waals surface area contributed by atoms with Gasteiger partial charge >= 0.3 is 0 Å². The molecule has 1 N–H and O–H groups in total. The molecule has 1 radical (unpaired) electrons. The van der Waals surface area contributed by atoms with E-state index >= 15 is 0 Å². The van der Waals surface area contributed by atoms with Gasteiger partial charge in [0.2, 0.25) is 7.28 Å². The molecule has 4 saturated carbocycles. The van der Waals surface area contributed by atoms with E-state index in [1.165, 1.54) is 72.1 Å². The van der Waals surface area contributed by atoms with Crippen LogP contribution < -0.4 is 15.9 Å². The Morgan fingerprint density at radius 2 is 1.52 bits per heavy atom. The number of anilines is 1. The van der Waals surface area contributed by atoms with E-state index in [1.54, 1.807) is 0 Å². The summed E-state index contributed by atoms with van der Waals surface area (Å²) in [5.74, 6) is 6.19. The Balaban J connectivity index is 1.54. The molecule has 1 heterocycles. The van der Waals surface area contributed by atoms with Gasteiger partial charge in [-0.05, 0) is 144 Å². The molecule has 61 heavy (non-hydrogen) atoms. The molecule has 1 aromatic heterocycles. The zero-order valence-electron chi connectivity index (χ0n) is 40.4. The zero-order valence-corrected chi connectivity index (χ0v) is 40.4. The highest BCUT2D eigenvalue weighted by Gasteiger charge is 2.52. The predicted molar refractivity (Wildman–Crippen MR) is 266 cm³/mol. The Bertz CT molecular complexity index is 2030. The van der Waals surface area contributed by atoms with Crippen LogP contribution in [0.1, 0.15) is 152 Å². The summed E-state index contributed by atoms with van der Waals surface area (Å²) in [6, 6.07) is 0.0680. The molecule has 0 amide bonds. The average Bonchev–Trinajstić information content (AvgIpc) is 3.56. The van der Waals surface area contributed by atoms with Crippen LogP contribution in [-0.2, 0) is 10.8 Å². The molecule has 6 aliphatic rings. The fraction of sp³-hybridized carbons (Fsp3) is 0.544. The Labute approximate surface area is 373 Å². The number of nitrogens with one attached hydrogen (secondary N) is 1. The first kappa shape index (κ1) is 46.6. The van der Waals surface area contributed by atoms with E-state index in [1.807, 2.05) is 18.4 Å². The monoisotopic (exact) mass is 820 g/mol. The van der Waals surface area contributed by atoms with Gasteiger partial charge in [0, 0.05) is 29.1 Å². The number of fused-ring (bicyclic) bond motifs is 1. The standard InChI is InChI=1S/C57H80BN2O/c1-16-44(39(3)4)20-18-29-58-52-50(49-51(61-52)56(14,15)28-27-55(49,12)13)60(47-24-22-46(23-25-47)54(9,10)11)48(26-31-59-30-19-21-45(17-2)53(6,7)8)32-40(5)57-36-41-33-42(37-57)35-43(34-41)38-57/h16-24,26,29-32,39,41-43,47,59H,1-2,5,25,27-28,33-38H2,3-4,6-15H3/b29-18+,30-19+,31-26+,44-20+,45-21+,48-32+. The van der Waals surface area contributed by atoms with Crippen LogP contribution in [0.4, 0.5) is 5.69 Å². The highest BCUT2D eigenvalue weighted by molar-refractivity contribution is 6.59. The van der Waals surface area contributed by atoms with Crippen LogP contribution in [0.3, 0.4) is 0 Å². The second-order valence-electron chi connectivity index (χ2n) is 23.0. The molecular weight excluding hydrogens is 739 g/mol. The van der Waals surface area contributed by atoms with Gasteiger partial charge < -0.3 is 14.6 Å². The van der Waals surface area contributed by atoms with E-state index < -0.39 is 0 Å². The minimum absolute atomic E-state index is 0.0272. The number of hydrogen-bond acceptors (Lipinski definition) is 3. The van der Waals surface area contributed by atoms with E-state index in [2.05, 4.69) is 181 Å². The molecule has 0 aliphatic heterocycles. The lowest BCUT2D eigenvalue weighted by molar-refractivity contribution is -0.0283. The fourth-order valence-electron chi connectivity index (χ4n) is 11.5. The minimum atomic E-state index is -0.101. The van der Waals surface area contributed by atoms with Gasteiger partial charge in [-0.1, -0.05) is 151 Å². The molecule has 4 fully saturated rings. The van der Waals surface area contributed by atoms with Gasteiger partial charge in [-0.3, -0.25) is 0 Å². The Morgan fingerprint density at radius 3 is 2.07 bits per heavy atom. The lowest BCUT2D eigenvalue weighted by Gasteiger charge is -2.57. The van der Waals surface area contributed by atoms with Crippen LogP contribution in [0.5, 0.6) is 0 Å².